The van der Waals surface area contributed by atoms with Crippen LogP contribution in [0.15, 0.2) is 62.6 Å². The predicted molar refractivity (Wildman–Crippen MR) is 87.6 cm³/mol. The van der Waals surface area contributed by atoms with Gasteiger partial charge in [-0.05, 0) is 24.3 Å². The van der Waals surface area contributed by atoms with E-state index in [1.807, 2.05) is 5.38 Å². The highest BCUT2D eigenvalue weighted by Gasteiger charge is 2.10. The van der Waals surface area contributed by atoms with Gasteiger partial charge in [-0.25, -0.2) is 4.68 Å². The van der Waals surface area contributed by atoms with Crippen molar-refractivity contribution in [3.05, 3.63) is 68.7 Å². The van der Waals surface area contributed by atoms with Crippen LogP contribution in [-0.4, -0.2) is 22.9 Å². The van der Waals surface area contributed by atoms with E-state index in [-0.39, 0.29) is 5.69 Å². The lowest BCUT2D eigenvalue weighted by Gasteiger charge is -2.02. The second-order valence-corrected chi connectivity index (χ2v) is 5.34. The minimum absolute atomic E-state index is 0.0509. The van der Waals surface area contributed by atoms with Crippen molar-refractivity contribution in [2.45, 2.75) is 0 Å². The number of nitro benzene ring substituents is 1. The zero-order chi connectivity index (χ0) is 16.2. The van der Waals surface area contributed by atoms with Crippen molar-refractivity contribution >= 4 is 23.2 Å². The Hall–Kier alpha value is -3.00. The van der Waals surface area contributed by atoms with Gasteiger partial charge in [0.15, 0.2) is 0 Å². The zero-order valence-corrected chi connectivity index (χ0v) is 12.9. The van der Waals surface area contributed by atoms with E-state index >= 15 is 0 Å². The Balaban J connectivity index is 2.03. The second kappa shape index (κ2) is 6.41. The Morgan fingerprint density at radius 1 is 1.30 bits per heavy atom. The highest BCUT2D eigenvalue weighted by Crippen LogP contribution is 2.23. The molecule has 116 valence electrons. The van der Waals surface area contributed by atoms with Gasteiger partial charge in [-0.3, -0.25) is 15.1 Å². The Morgan fingerprint density at radius 2 is 2.09 bits per heavy atom. The second-order valence-electron chi connectivity index (χ2n) is 4.50. The molecule has 0 aliphatic rings. The maximum absolute atomic E-state index is 10.8. The molecular weight excluding hydrogens is 316 g/mol. The first-order valence-electron chi connectivity index (χ1n) is 6.65. The van der Waals surface area contributed by atoms with Gasteiger partial charge in [0.1, 0.15) is 5.76 Å². The van der Waals surface area contributed by atoms with Gasteiger partial charge in [-0.15, -0.1) is 11.3 Å². The summed E-state index contributed by atoms with van der Waals surface area (Å²) >= 11 is 1.44. The highest BCUT2D eigenvalue weighted by atomic mass is 32.1. The summed E-state index contributed by atoms with van der Waals surface area (Å²) in [4.78, 5) is 15.2. The molecule has 0 unspecified atom stereocenters. The fourth-order valence-electron chi connectivity index (χ4n) is 1.99. The average molecular weight is 328 g/mol. The largest absolute Gasteiger partial charge is 0.463 e. The van der Waals surface area contributed by atoms with Gasteiger partial charge < -0.3 is 4.42 Å². The van der Waals surface area contributed by atoms with Crippen LogP contribution in [0, 0.1) is 10.1 Å². The molecule has 0 bridgehead atoms. The van der Waals surface area contributed by atoms with Crippen molar-refractivity contribution < 1.29 is 9.34 Å². The molecule has 3 aromatic rings. The Bertz CT molecular complexity index is 905. The fraction of sp³-hybridized carbons (Fsp3) is 0.0667. The van der Waals surface area contributed by atoms with E-state index in [1.54, 1.807) is 48.5 Å². The van der Waals surface area contributed by atoms with Gasteiger partial charge in [-0.2, -0.15) is 5.10 Å². The van der Waals surface area contributed by atoms with Crippen LogP contribution in [0.25, 0.3) is 11.3 Å². The zero-order valence-electron chi connectivity index (χ0n) is 12.1. The molecule has 0 N–H and O–H groups in total. The lowest BCUT2D eigenvalue weighted by Crippen LogP contribution is -2.11. The number of aromatic nitrogens is 1. The molecular formula is C15H12N4O3S. The van der Waals surface area contributed by atoms with Gasteiger partial charge in [-0.1, -0.05) is 0 Å². The molecule has 2 aromatic heterocycles. The average Bonchev–Trinajstić information content (AvgIpc) is 3.22. The first kappa shape index (κ1) is 14.9. The molecule has 7 nitrogen and oxygen atoms in total. The van der Waals surface area contributed by atoms with Gasteiger partial charge in [0.2, 0.25) is 4.80 Å². The van der Waals surface area contributed by atoms with Crippen LogP contribution < -0.4 is 4.80 Å². The number of hydrogen-bond acceptors (Lipinski definition) is 6. The molecule has 0 spiro atoms. The van der Waals surface area contributed by atoms with Crippen molar-refractivity contribution in [2.24, 2.45) is 10.1 Å². The van der Waals surface area contributed by atoms with E-state index in [0.717, 1.165) is 11.3 Å². The van der Waals surface area contributed by atoms with Gasteiger partial charge in [0.05, 0.1) is 23.1 Å². The third-order valence-corrected chi connectivity index (χ3v) is 4.00. The van der Waals surface area contributed by atoms with Crippen molar-refractivity contribution in [1.82, 2.24) is 4.68 Å². The van der Waals surface area contributed by atoms with Crippen LogP contribution in [-0.2, 0) is 0 Å². The smallest absolute Gasteiger partial charge is 0.269 e. The van der Waals surface area contributed by atoms with Crippen LogP contribution in [0.3, 0.4) is 0 Å². The van der Waals surface area contributed by atoms with Crippen molar-refractivity contribution in [3.63, 3.8) is 0 Å². The predicted octanol–water partition coefficient (Wildman–Crippen LogP) is 3.13. The molecule has 0 aliphatic carbocycles. The van der Waals surface area contributed by atoms with E-state index in [4.69, 9.17) is 4.42 Å². The molecule has 0 radical (unpaired) electrons. The first-order valence-corrected chi connectivity index (χ1v) is 7.53. The molecule has 0 atom stereocenters. The molecule has 2 heterocycles. The van der Waals surface area contributed by atoms with Crippen LogP contribution in [0.1, 0.15) is 5.76 Å². The maximum atomic E-state index is 10.8. The Morgan fingerprint density at radius 3 is 2.70 bits per heavy atom. The van der Waals surface area contributed by atoms with E-state index in [9.17, 15) is 10.1 Å². The van der Waals surface area contributed by atoms with E-state index in [1.165, 1.54) is 23.5 Å². The minimum atomic E-state index is -0.423. The summed E-state index contributed by atoms with van der Waals surface area (Å²) in [6.45, 7) is 0. The summed E-state index contributed by atoms with van der Waals surface area (Å²) in [5.41, 5.74) is 1.67. The van der Waals surface area contributed by atoms with Crippen LogP contribution >= 0.6 is 11.3 Å². The molecule has 23 heavy (non-hydrogen) atoms. The molecule has 0 saturated carbocycles. The summed E-state index contributed by atoms with van der Waals surface area (Å²) < 4.78 is 6.90. The normalized spacial score (nSPS) is 12.1. The van der Waals surface area contributed by atoms with E-state index in [0.29, 0.717) is 10.6 Å². The molecule has 1 aromatic carbocycles. The molecule has 8 heteroatoms. The van der Waals surface area contributed by atoms with Crippen LogP contribution in [0.4, 0.5) is 5.69 Å². The standard InChI is InChI=1S/C15H12N4O3S/c1-16-15-18(17-9-13-3-2-8-22-13)14(10-23-15)11-4-6-12(7-5-11)19(20)21/h2-10H,1H3/b16-15?,17-9-. The molecule has 0 fully saturated rings. The molecule has 0 aliphatic heterocycles. The lowest BCUT2D eigenvalue weighted by molar-refractivity contribution is -0.384. The summed E-state index contributed by atoms with van der Waals surface area (Å²) in [7, 11) is 1.68. The van der Waals surface area contributed by atoms with Crippen molar-refractivity contribution in [2.75, 3.05) is 7.05 Å². The topological polar surface area (TPSA) is 85.9 Å². The van der Waals surface area contributed by atoms with E-state index < -0.39 is 4.92 Å². The number of hydrogen-bond donors (Lipinski definition) is 0. The van der Waals surface area contributed by atoms with Gasteiger partial charge in [0.25, 0.3) is 5.69 Å². The quantitative estimate of drug-likeness (QED) is 0.419. The third-order valence-electron chi connectivity index (χ3n) is 3.09. The number of benzene rings is 1. The highest BCUT2D eigenvalue weighted by molar-refractivity contribution is 7.07. The van der Waals surface area contributed by atoms with Crippen LogP contribution in [0.5, 0.6) is 0 Å². The lowest BCUT2D eigenvalue weighted by atomic mass is 10.1. The minimum Gasteiger partial charge on any atom is -0.463 e. The molecule has 3 rings (SSSR count). The maximum Gasteiger partial charge on any atom is 0.269 e. The van der Waals surface area contributed by atoms with Crippen LogP contribution in [0.2, 0.25) is 0 Å². The van der Waals surface area contributed by atoms with Gasteiger partial charge >= 0.3 is 0 Å². The Labute approximate surface area is 135 Å². The summed E-state index contributed by atoms with van der Waals surface area (Å²) in [5.74, 6) is 0.625. The van der Waals surface area contributed by atoms with Crippen molar-refractivity contribution in [1.29, 1.82) is 0 Å². The number of non-ortho nitro benzene ring substituents is 1. The number of thiazole rings is 1. The van der Waals surface area contributed by atoms with Crippen molar-refractivity contribution in [3.8, 4) is 11.3 Å². The molecule has 0 amide bonds. The Kier molecular flexibility index (Phi) is 4.15. The molecule has 0 saturated heterocycles. The summed E-state index contributed by atoms with van der Waals surface area (Å²) in [6.07, 6.45) is 3.16. The first-order chi connectivity index (χ1) is 11.2. The third kappa shape index (κ3) is 3.11. The van der Waals surface area contributed by atoms with Gasteiger partial charge in [0, 0.05) is 30.1 Å². The fourth-order valence-corrected chi connectivity index (χ4v) is 2.80. The number of nitrogens with zero attached hydrogens (tertiary/aromatic N) is 4. The number of nitro groups is 1. The van der Waals surface area contributed by atoms with E-state index in [2.05, 4.69) is 10.1 Å². The summed E-state index contributed by atoms with van der Waals surface area (Å²) in [5, 5.41) is 17.1. The SMILES string of the molecule is CN=c1scc(-c2ccc([N+](=O)[O-])cc2)n1/N=C\c1ccco1. The monoisotopic (exact) mass is 328 g/mol. The summed E-state index contributed by atoms with van der Waals surface area (Å²) in [6, 6.07) is 9.90. The number of furan rings is 1. The number of rotatable bonds is 4.